The van der Waals surface area contributed by atoms with Crippen LogP contribution in [-0.4, -0.2) is 28.0 Å². The molecule has 0 radical (unpaired) electrons. The first kappa shape index (κ1) is 14.7. The molecule has 4 nitrogen and oxygen atoms in total. The predicted molar refractivity (Wildman–Crippen MR) is 76.6 cm³/mol. The Morgan fingerprint density at radius 2 is 2.20 bits per heavy atom. The number of aromatic amines is 1. The Balaban J connectivity index is 1.98. The van der Waals surface area contributed by atoms with Crippen LogP contribution in [0.25, 0.3) is 11.3 Å². The summed E-state index contributed by atoms with van der Waals surface area (Å²) in [5.41, 5.74) is 2.14. The second kappa shape index (κ2) is 7.17. The molecule has 0 aliphatic heterocycles. The molecule has 0 bridgehead atoms. The Kier molecular flexibility index (Phi) is 5.26. The van der Waals surface area contributed by atoms with Crippen molar-refractivity contribution in [3.63, 3.8) is 0 Å². The molecule has 0 amide bonds. The van der Waals surface area contributed by atoms with E-state index in [2.05, 4.69) is 15.5 Å². The molecule has 0 saturated heterocycles. The van der Waals surface area contributed by atoms with Gasteiger partial charge in [-0.1, -0.05) is 19.1 Å². The summed E-state index contributed by atoms with van der Waals surface area (Å²) < 4.78 is 13.8. The number of aliphatic hydroxyl groups is 1. The van der Waals surface area contributed by atoms with E-state index in [0.717, 1.165) is 18.5 Å². The summed E-state index contributed by atoms with van der Waals surface area (Å²) in [7, 11) is 0. The number of halogens is 1. The fourth-order valence-corrected chi connectivity index (χ4v) is 2.04. The normalized spacial score (nSPS) is 12.6. The second-order valence-electron chi connectivity index (χ2n) is 4.78. The Morgan fingerprint density at radius 3 is 2.95 bits per heavy atom. The zero-order chi connectivity index (χ0) is 14.4. The third kappa shape index (κ3) is 3.65. The van der Waals surface area contributed by atoms with Crippen molar-refractivity contribution in [2.45, 2.75) is 32.4 Å². The van der Waals surface area contributed by atoms with Crippen LogP contribution in [0.4, 0.5) is 4.39 Å². The third-order valence-corrected chi connectivity index (χ3v) is 3.30. The predicted octanol–water partition coefficient (Wildman–Crippen LogP) is 2.47. The second-order valence-corrected chi connectivity index (χ2v) is 4.78. The number of aliphatic hydroxyl groups excluding tert-OH is 1. The van der Waals surface area contributed by atoms with Gasteiger partial charge in [-0.25, -0.2) is 4.39 Å². The van der Waals surface area contributed by atoms with Crippen molar-refractivity contribution < 1.29 is 9.50 Å². The van der Waals surface area contributed by atoms with Crippen LogP contribution in [-0.2, 0) is 6.54 Å². The summed E-state index contributed by atoms with van der Waals surface area (Å²) in [5.74, 6) is -0.264. The molecule has 2 rings (SSSR count). The van der Waals surface area contributed by atoms with Gasteiger partial charge in [0.25, 0.3) is 0 Å². The number of benzene rings is 1. The van der Waals surface area contributed by atoms with E-state index in [1.807, 2.05) is 6.92 Å². The molecule has 0 fully saturated rings. The van der Waals surface area contributed by atoms with Crippen LogP contribution in [0.5, 0.6) is 0 Å². The van der Waals surface area contributed by atoms with Gasteiger partial charge in [0.2, 0.25) is 0 Å². The van der Waals surface area contributed by atoms with E-state index in [4.69, 9.17) is 0 Å². The fourth-order valence-electron chi connectivity index (χ4n) is 2.04. The average Bonchev–Trinajstić information content (AvgIpc) is 2.92. The molecule has 1 unspecified atom stereocenters. The quantitative estimate of drug-likeness (QED) is 0.681. The highest BCUT2D eigenvalue weighted by molar-refractivity contribution is 5.63. The van der Waals surface area contributed by atoms with E-state index < -0.39 is 0 Å². The molecule has 5 heteroatoms. The van der Waals surface area contributed by atoms with Gasteiger partial charge in [0.15, 0.2) is 0 Å². The lowest BCUT2D eigenvalue weighted by Crippen LogP contribution is -2.19. The lowest BCUT2D eigenvalue weighted by atomic mass is 10.1. The highest BCUT2D eigenvalue weighted by Crippen LogP contribution is 2.23. The van der Waals surface area contributed by atoms with Crippen molar-refractivity contribution in [1.82, 2.24) is 15.5 Å². The summed E-state index contributed by atoms with van der Waals surface area (Å²) in [4.78, 5) is 0. The van der Waals surface area contributed by atoms with Gasteiger partial charge in [-0.05, 0) is 31.5 Å². The van der Waals surface area contributed by atoms with E-state index in [1.165, 1.54) is 6.07 Å². The van der Waals surface area contributed by atoms with Gasteiger partial charge in [-0.15, -0.1) is 0 Å². The number of nitrogens with zero attached hydrogens (tertiary/aromatic N) is 1. The van der Waals surface area contributed by atoms with E-state index in [0.29, 0.717) is 24.2 Å². The lowest BCUT2D eigenvalue weighted by Gasteiger charge is -2.09. The number of H-pyrrole nitrogens is 1. The first-order chi connectivity index (χ1) is 9.72. The highest BCUT2D eigenvalue weighted by Gasteiger charge is 2.11. The zero-order valence-electron chi connectivity index (χ0n) is 11.6. The minimum atomic E-state index is -0.266. The standard InChI is InChI=1S/C15H20FN3O/c1-2-12(20)7-8-17-9-11-10-18-19-15(11)13-5-3-4-6-14(13)16/h3-6,10,12,17,20H,2,7-9H2,1H3,(H,18,19). The van der Waals surface area contributed by atoms with Gasteiger partial charge in [0.1, 0.15) is 5.82 Å². The smallest absolute Gasteiger partial charge is 0.132 e. The van der Waals surface area contributed by atoms with Gasteiger partial charge < -0.3 is 10.4 Å². The number of hydrogen-bond acceptors (Lipinski definition) is 3. The van der Waals surface area contributed by atoms with Gasteiger partial charge in [0.05, 0.1) is 18.0 Å². The van der Waals surface area contributed by atoms with Crippen molar-refractivity contribution in [3.05, 3.63) is 41.8 Å². The molecular weight excluding hydrogens is 257 g/mol. The molecule has 1 atom stereocenters. The van der Waals surface area contributed by atoms with Gasteiger partial charge in [0, 0.05) is 17.7 Å². The summed E-state index contributed by atoms with van der Waals surface area (Å²) in [5, 5.41) is 19.5. The molecule has 3 N–H and O–H groups in total. The van der Waals surface area contributed by atoms with Crippen molar-refractivity contribution in [3.8, 4) is 11.3 Å². The lowest BCUT2D eigenvalue weighted by molar-refractivity contribution is 0.159. The monoisotopic (exact) mass is 277 g/mol. The molecule has 0 aliphatic carbocycles. The van der Waals surface area contributed by atoms with Gasteiger partial charge in [-0.3, -0.25) is 5.10 Å². The molecule has 1 heterocycles. The van der Waals surface area contributed by atoms with Crippen molar-refractivity contribution in [2.24, 2.45) is 0 Å². The summed E-state index contributed by atoms with van der Waals surface area (Å²) >= 11 is 0. The number of rotatable bonds is 7. The third-order valence-electron chi connectivity index (χ3n) is 3.30. The maximum Gasteiger partial charge on any atom is 0.132 e. The van der Waals surface area contributed by atoms with Gasteiger partial charge in [-0.2, -0.15) is 5.10 Å². The Morgan fingerprint density at radius 1 is 1.40 bits per heavy atom. The Labute approximate surface area is 118 Å². The van der Waals surface area contributed by atoms with Crippen molar-refractivity contribution in [2.75, 3.05) is 6.54 Å². The number of hydrogen-bond donors (Lipinski definition) is 3. The van der Waals surface area contributed by atoms with E-state index in [9.17, 15) is 9.50 Å². The molecular formula is C15H20FN3O. The van der Waals surface area contributed by atoms with Crippen LogP contribution in [0.2, 0.25) is 0 Å². The minimum absolute atomic E-state index is 0.264. The minimum Gasteiger partial charge on any atom is -0.393 e. The first-order valence-corrected chi connectivity index (χ1v) is 6.88. The number of nitrogens with one attached hydrogen (secondary N) is 2. The molecule has 0 saturated carbocycles. The molecule has 0 spiro atoms. The Hall–Kier alpha value is -1.72. The average molecular weight is 277 g/mol. The van der Waals surface area contributed by atoms with Crippen LogP contribution in [0.1, 0.15) is 25.3 Å². The summed E-state index contributed by atoms with van der Waals surface area (Å²) in [6.45, 7) is 3.27. The van der Waals surface area contributed by atoms with Crippen LogP contribution >= 0.6 is 0 Å². The zero-order valence-corrected chi connectivity index (χ0v) is 11.6. The largest absolute Gasteiger partial charge is 0.393 e. The highest BCUT2D eigenvalue weighted by atomic mass is 19.1. The maximum absolute atomic E-state index is 13.8. The maximum atomic E-state index is 13.8. The Bertz CT molecular complexity index is 541. The van der Waals surface area contributed by atoms with Gasteiger partial charge >= 0.3 is 0 Å². The molecule has 1 aromatic heterocycles. The molecule has 108 valence electrons. The topological polar surface area (TPSA) is 60.9 Å². The molecule has 0 aliphatic rings. The van der Waals surface area contributed by atoms with Crippen LogP contribution < -0.4 is 5.32 Å². The van der Waals surface area contributed by atoms with Crippen LogP contribution in [0.3, 0.4) is 0 Å². The van der Waals surface area contributed by atoms with E-state index >= 15 is 0 Å². The molecule has 2 aromatic rings. The van der Waals surface area contributed by atoms with E-state index in [1.54, 1.807) is 24.4 Å². The molecule has 1 aromatic carbocycles. The fraction of sp³-hybridized carbons (Fsp3) is 0.400. The van der Waals surface area contributed by atoms with E-state index in [-0.39, 0.29) is 11.9 Å². The van der Waals surface area contributed by atoms with Crippen molar-refractivity contribution in [1.29, 1.82) is 0 Å². The SMILES string of the molecule is CCC(O)CCNCc1cn[nH]c1-c1ccccc1F. The number of aromatic nitrogens is 2. The van der Waals surface area contributed by atoms with Crippen LogP contribution in [0, 0.1) is 5.82 Å². The summed E-state index contributed by atoms with van der Waals surface area (Å²) in [6.07, 6.45) is 2.90. The van der Waals surface area contributed by atoms with Crippen molar-refractivity contribution >= 4 is 0 Å². The molecule has 20 heavy (non-hydrogen) atoms. The van der Waals surface area contributed by atoms with Crippen LogP contribution in [0.15, 0.2) is 30.5 Å². The summed E-state index contributed by atoms with van der Waals surface area (Å²) in [6, 6.07) is 6.63. The first-order valence-electron chi connectivity index (χ1n) is 6.88.